The van der Waals surface area contributed by atoms with Crippen LogP contribution in [-0.4, -0.2) is 62.3 Å². The van der Waals surface area contributed by atoms with Crippen molar-refractivity contribution in [2.45, 2.75) is 32.4 Å². The second-order valence-corrected chi connectivity index (χ2v) is 6.69. The van der Waals surface area contributed by atoms with Crippen LogP contribution in [-0.2, 0) is 11.8 Å². The Morgan fingerprint density at radius 3 is 2.74 bits per heavy atom. The number of hydrogen-bond acceptors (Lipinski definition) is 4. The summed E-state index contributed by atoms with van der Waals surface area (Å²) in [6.45, 7) is 4.38. The van der Waals surface area contributed by atoms with Crippen LogP contribution in [0.15, 0.2) is 24.5 Å². The van der Waals surface area contributed by atoms with Crippen LogP contribution < -0.4 is 10.6 Å². The summed E-state index contributed by atoms with van der Waals surface area (Å²) in [4.78, 5) is 46.2. The van der Waals surface area contributed by atoms with Crippen LogP contribution in [0.4, 0.5) is 0 Å². The third kappa shape index (κ3) is 3.86. The van der Waals surface area contributed by atoms with Gasteiger partial charge in [0.15, 0.2) is 5.82 Å². The van der Waals surface area contributed by atoms with E-state index >= 15 is 0 Å². The molecular weight excluding hydrogens is 348 g/mol. The summed E-state index contributed by atoms with van der Waals surface area (Å²) in [5.74, 6) is -0.583. The van der Waals surface area contributed by atoms with Gasteiger partial charge in [0.2, 0.25) is 5.91 Å². The minimum absolute atomic E-state index is 0.217. The van der Waals surface area contributed by atoms with Crippen molar-refractivity contribution in [3.8, 4) is 0 Å². The number of imidazole rings is 1. The number of nitrogens with zero attached hydrogens (tertiary/aromatic N) is 3. The van der Waals surface area contributed by atoms with Crippen molar-refractivity contribution in [2.24, 2.45) is 7.05 Å². The summed E-state index contributed by atoms with van der Waals surface area (Å²) in [5, 5.41) is 5.64. The molecule has 2 aromatic heterocycles. The second kappa shape index (κ2) is 7.65. The van der Waals surface area contributed by atoms with Gasteiger partial charge in [0, 0.05) is 44.3 Å². The van der Waals surface area contributed by atoms with Gasteiger partial charge in [-0.15, -0.1) is 0 Å². The van der Waals surface area contributed by atoms with Crippen molar-refractivity contribution < 1.29 is 14.4 Å². The molecule has 3 heterocycles. The highest BCUT2D eigenvalue weighted by molar-refractivity contribution is 5.97. The maximum absolute atomic E-state index is 12.9. The number of nitrogens with one attached hydrogen (secondary N) is 3. The lowest BCUT2D eigenvalue weighted by molar-refractivity contribution is -0.124. The first-order valence-electron chi connectivity index (χ1n) is 8.93. The topological polar surface area (TPSA) is 112 Å². The summed E-state index contributed by atoms with van der Waals surface area (Å²) in [6, 6.07) is 2.54. The van der Waals surface area contributed by atoms with Gasteiger partial charge in [0.05, 0.1) is 0 Å². The van der Waals surface area contributed by atoms with Gasteiger partial charge in [-0.2, -0.15) is 0 Å². The number of aromatic nitrogens is 3. The van der Waals surface area contributed by atoms with E-state index in [0.717, 1.165) is 5.69 Å². The fraction of sp³-hybridized carbons (Fsp3) is 0.444. The highest BCUT2D eigenvalue weighted by Crippen LogP contribution is 2.21. The van der Waals surface area contributed by atoms with Gasteiger partial charge < -0.3 is 25.1 Å². The molecule has 1 fully saturated rings. The molecule has 0 radical (unpaired) electrons. The molecule has 1 aliphatic heterocycles. The zero-order valence-electron chi connectivity index (χ0n) is 15.7. The summed E-state index contributed by atoms with van der Waals surface area (Å²) in [7, 11) is 1.78. The van der Waals surface area contributed by atoms with Crippen molar-refractivity contribution in [3.05, 3.63) is 41.7 Å². The van der Waals surface area contributed by atoms with Gasteiger partial charge >= 0.3 is 0 Å². The van der Waals surface area contributed by atoms with E-state index in [0.29, 0.717) is 18.7 Å². The maximum Gasteiger partial charge on any atom is 0.287 e. The Morgan fingerprint density at radius 1 is 1.37 bits per heavy atom. The SMILES string of the molecule is CCNC(=O)[C@@H]1C[C@H](NC(=O)c2ncc(C)[nH]2)CN1C(=O)c1cccn1C. The predicted molar refractivity (Wildman–Crippen MR) is 98.1 cm³/mol. The lowest BCUT2D eigenvalue weighted by Gasteiger charge is -2.23. The molecule has 0 spiro atoms. The third-order valence-corrected chi connectivity index (χ3v) is 4.63. The van der Waals surface area contributed by atoms with E-state index < -0.39 is 6.04 Å². The highest BCUT2D eigenvalue weighted by Gasteiger charge is 2.41. The Labute approximate surface area is 157 Å². The van der Waals surface area contributed by atoms with Crippen molar-refractivity contribution in [1.82, 2.24) is 30.1 Å². The van der Waals surface area contributed by atoms with Crippen LogP contribution >= 0.6 is 0 Å². The van der Waals surface area contributed by atoms with E-state index in [1.54, 1.807) is 36.1 Å². The number of hydrogen-bond donors (Lipinski definition) is 3. The van der Waals surface area contributed by atoms with E-state index in [2.05, 4.69) is 20.6 Å². The molecule has 0 bridgehead atoms. The molecule has 0 unspecified atom stereocenters. The number of likely N-dealkylation sites (tertiary alicyclic amines) is 1. The number of H-pyrrole nitrogens is 1. The fourth-order valence-electron chi connectivity index (χ4n) is 3.32. The van der Waals surface area contributed by atoms with Crippen molar-refractivity contribution in [1.29, 1.82) is 0 Å². The number of aromatic amines is 1. The Balaban J connectivity index is 1.76. The standard InChI is InChI=1S/C18H24N6O3/c1-4-19-16(25)14-8-12(22-17(26)15-20-9-11(2)21-15)10-24(14)18(27)13-6-5-7-23(13)3/h5-7,9,12,14H,4,8,10H2,1-3H3,(H,19,25)(H,20,21)(H,22,26)/t12-,14-/m0/s1. The zero-order valence-corrected chi connectivity index (χ0v) is 15.7. The van der Waals surface area contributed by atoms with Gasteiger partial charge in [-0.3, -0.25) is 14.4 Å². The first kappa shape index (κ1) is 18.7. The molecule has 1 aliphatic rings. The molecule has 2 atom stereocenters. The number of aryl methyl sites for hydroxylation is 2. The average Bonchev–Trinajstić information content (AvgIpc) is 3.34. The molecule has 9 nitrogen and oxygen atoms in total. The molecule has 0 aliphatic carbocycles. The molecule has 3 rings (SSSR count). The average molecular weight is 372 g/mol. The van der Waals surface area contributed by atoms with Crippen molar-refractivity contribution in [2.75, 3.05) is 13.1 Å². The van der Waals surface area contributed by atoms with Crippen LogP contribution in [0.25, 0.3) is 0 Å². The fourth-order valence-corrected chi connectivity index (χ4v) is 3.32. The second-order valence-electron chi connectivity index (χ2n) is 6.69. The first-order chi connectivity index (χ1) is 12.9. The number of carbonyl (C=O) groups excluding carboxylic acids is 3. The number of rotatable bonds is 5. The Hall–Kier alpha value is -3.10. The van der Waals surface area contributed by atoms with E-state index in [1.807, 2.05) is 13.8 Å². The number of likely N-dealkylation sites (N-methyl/N-ethyl adjacent to an activating group) is 1. The summed E-state index contributed by atoms with van der Waals surface area (Å²) < 4.78 is 1.72. The van der Waals surface area contributed by atoms with Crippen molar-refractivity contribution in [3.63, 3.8) is 0 Å². The minimum atomic E-state index is -0.629. The Kier molecular flexibility index (Phi) is 5.29. The predicted octanol–water partition coefficient (Wildman–Crippen LogP) is 0.206. The molecule has 3 amide bonds. The normalized spacial score (nSPS) is 19.1. The lowest BCUT2D eigenvalue weighted by Crippen LogP contribution is -2.46. The van der Waals surface area contributed by atoms with E-state index in [-0.39, 0.29) is 36.1 Å². The van der Waals surface area contributed by atoms with Gasteiger partial charge in [-0.25, -0.2) is 4.98 Å². The molecular formula is C18H24N6O3. The van der Waals surface area contributed by atoms with Crippen LogP contribution in [0.2, 0.25) is 0 Å². The van der Waals surface area contributed by atoms with Gasteiger partial charge in [0.25, 0.3) is 11.8 Å². The third-order valence-electron chi connectivity index (χ3n) is 4.63. The minimum Gasteiger partial charge on any atom is -0.355 e. The molecule has 27 heavy (non-hydrogen) atoms. The molecule has 1 saturated heterocycles. The Bertz CT molecular complexity index is 855. The summed E-state index contributed by atoms with van der Waals surface area (Å²) >= 11 is 0. The van der Waals surface area contributed by atoms with Crippen LogP contribution in [0.1, 0.15) is 40.1 Å². The van der Waals surface area contributed by atoms with Gasteiger partial charge in [0.1, 0.15) is 11.7 Å². The van der Waals surface area contributed by atoms with Gasteiger partial charge in [-0.1, -0.05) is 0 Å². The van der Waals surface area contributed by atoms with Crippen molar-refractivity contribution >= 4 is 17.7 Å². The van der Waals surface area contributed by atoms with E-state index in [4.69, 9.17) is 0 Å². The maximum atomic E-state index is 12.9. The lowest BCUT2D eigenvalue weighted by atomic mass is 10.1. The molecule has 2 aromatic rings. The Morgan fingerprint density at radius 2 is 2.15 bits per heavy atom. The monoisotopic (exact) mass is 372 g/mol. The molecule has 0 saturated carbocycles. The molecule has 3 N–H and O–H groups in total. The van der Waals surface area contributed by atoms with Crippen LogP contribution in [0, 0.1) is 6.92 Å². The largest absolute Gasteiger partial charge is 0.355 e. The van der Waals surface area contributed by atoms with Crippen LogP contribution in [0.5, 0.6) is 0 Å². The zero-order chi connectivity index (χ0) is 19.6. The summed E-state index contributed by atoms with van der Waals surface area (Å²) in [5.41, 5.74) is 1.28. The van der Waals surface area contributed by atoms with E-state index in [9.17, 15) is 14.4 Å². The molecule has 144 valence electrons. The van der Waals surface area contributed by atoms with Crippen LogP contribution in [0.3, 0.4) is 0 Å². The number of amides is 3. The smallest absolute Gasteiger partial charge is 0.287 e. The number of carbonyl (C=O) groups is 3. The summed E-state index contributed by atoms with van der Waals surface area (Å²) in [6.07, 6.45) is 3.71. The van der Waals surface area contributed by atoms with Gasteiger partial charge in [-0.05, 0) is 32.4 Å². The van der Waals surface area contributed by atoms with E-state index in [1.165, 1.54) is 4.90 Å². The molecule has 9 heteroatoms. The first-order valence-corrected chi connectivity index (χ1v) is 8.93. The quantitative estimate of drug-likeness (QED) is 0.696. The molecule has 0 aromatic carbocycles. The highest BCUT2D eigenvalue weighted by atomic mass is 16.2.